The lowest BCUT2D eigenvalue weighted by Gasteiger charge is -2.31. The maximum Gasteiger partial charge on any atom is 0.0546 e. The Balaban J connectivity index is 1.33. The van der Waals surface area contributed by atoms with Crippen LogP contribution in [0.1, 0.15) is 72.2 Å². The van der Waals surface area contributed by atoms with Crippen molar-refractivity contribution < 1.29 is 0 Å². The molecule has 0 saturated heterocycles. The van der Waals surface area contributed by atoms with E-state index in [-0.39, 0.29) is 10.8 Å². The first-order valence-electron chi connectivity index (χ1n) is 17.0. The fourth-order valence-electron chi connectivity index (χ4n) is 8.59. The lowest BCUT2D eigenvalue weighted by molar-refractivity contribution is 0.654. The summed E-state index contributed by atoms with van der Waals surface area (Å²) >= 11 is 0. The number of anilines is 3. The fraction of sp³-hybridized carbons (Fsp3) is 0.217. The lowest BCUT2D eigenvalue weighted by Crippen LogP contribution is -2.18. The molecule has 1 nitrogen and oxygen atoms in total. The van der Waals surface area contributed by atoms with Gasteiger partial charge in [0.1, 0.15) is 0 Å². The smallest absolute Gasteiger partial charge is 0.0546 e. The molecule has 232 valence electrons. The summed E-state index contributed by atoms with van der Waals surface area (Å²) < 4.78 is 0. The van der Waals surface area contributed by atoms with Crippen LogP contribution in [0.4, 0.5) is 17.1 Å². The maximum absolute atomic E-state index is 2.48. The SMILES string of the molecule is Cc1cc2c(cc1C)C(C)(C)c1c(C)c(C)cc(N(c3ccccc3)c3ccc(-c4cccc5c4-c4ccccc4C5(C)C)cc3)c1-2. The third-order valence-electron chi connectivity index (χ3n) is 11.3. The van der Waals surface area contributed by atoms with Gasteiger partial charge in [-0.2, -0.15) is 0 Å². The summed E-state index contributed by atoms with van der Waals surface area (Å²) in [5, 5.41) is 0. The van der Waals surface area contributed by atoms with Crippen molar-refractivity contribution in [3.63, 3.8) is 0 Å². The molecule has 0 N–H and O–H groups in total. The topological polar surface area (TPSA) is 3.24 Å². The van der Waals surface area contributed by atoms with Crippen molar-refractivity contribution in [3.05, 3.63) is 160 Å². The monoisotopic (exact) mass is 609 g/mol. The Morgan fingerprint density at radius 2 is 1.06 bits per heavy atom. The molecule has 0 heterocycles. The minimum atomic E-state index is -0.0854. The molecular formula is C46H43N. The van der Waals surface area contributed by atoms with Gasteiger partial charge >= 0.3 is 0 Å². The highest BCUT2D eigenvalue weighted by Crippen LogP contribution is 2.57. The fourth-order valence-corrected chi connectivity index (χ4v) is 8.59. The minimum Gasteiger partial charge on any atom is -0.310 e. The second-order valence-corrected chi connectivity index (χ2v) is 14.8. The number of benzene rings is 6. The van der Waals surface area contributed by atoms with Crippen LogP contribution < -0.4 is 4.90 Å². The van der Waals surface area contributed by atoms with Crippen LogP contribution in [-0.2, 0) is 10.8 Å². The molecule has 2 aliphatic rings. The van der Waals surface area contributed by atoms with Gasteiger partial charge in [0.05, 0.1) is 5.69 Å². The zero-order chi connectivity index (χ0) is 32.8. The van der Waals surface area contributed by atoms with Crippen LogP contribution >= 0.6 is 0 Å². The Kier molecular flexibility index (Phi) is 6.48. The van der Waals surface area contributed by atoms with E-state index in [4.69, 9.17) is 0 Å². The van der Waals surface area contributed by atoms with E-state index >= 15 is 0 Å². The Morgan fingerprint density at radius 3 is 1.81 bits per heavy atom. The zero-order valence-electron chi connectivity index (χ0n) is 28.9. The van der Waals surface area contributed by atoms with E-state index in [1.54, 1.807) is 0 Å². The number of aryl methyl sites for hydroxylation is 3. The van der Waals surface area contributed by atoms with E-state index in [0.29, 0.717) is 0 Å². The average Bonchev–Trinajstić information content (AvgIpc) is 3.44. The summed E-state index contributed by atoms with van der Waals surface area (Å²) in [6.45, 7) is 18.6. The molecule has 0 radical (unpaired) electrons. The number of rotatable bonds is 4. The van der Waals surface area contributed by atoms with Crippen molar-refractivity contribution in [2.24, 2.45) is 0 Å². The van der Waals surface area contributed by atoms with E-state index in [1.807, 2.05) is 0 Å². The standard InChI is InChI=1S/C46H43N/c1-28-25-37-40(26-29(28)2)46(7,8)44-31(4)30(3)27-41(43(37)44)47(33-15-10-9-11-16-33)34-23-21-32(22-24-34)35-18-14-20-39-42(35)36-17-12-13-19-38(36)45(39,5)6/h9-27H,1-8H3. The van der Waals surface area contributed by atoms with Gasteiger partial charge in [-0.15, -0.1) is 0 Å². The first-order valence-corrected chi connectivity index (χ1v) is 17.0. The number of nitrogens with zero attached hydrogens (tertiary/aromatic N) is 1. The van der Waals surface area contributed by atoms with Crippen LogP contribution in [0, 0.1) is 27.7 Å². The van der Waals surface area contributed by atoms with Gasteiger partial charge in [0.25, 0.3) is 0 Å². The third kappa shape index (κ3) is 4.22. The normalized spacial score (nSPS) is 14.7. The number of fused-ring (bicyclic) bond motifs is 6. The third-order valence-corrected chi connectivity index (χ3v) is 11.3. The Bertz CT molecular complexity index is 2210. The van der Waals surface area contributed by atoms with Gasteiger partial charge in [0.2, 0.25) is 0 Å². The molecule has 0 spiro atoms. The molecular weight excluding hydrogens is 567 g/mol. The first-order chi connectivity index (χ1) is 22.5. The Hall–Kier alpha value is -4.88. The molecule has 0 atom stereocenters. The van der Waals surface area contributed by atoms with Crippen molar-refractivity contribution in [1.82, 2.24) is 0 Å². The van der Waals surface area contributed by atoms with Crippen LogP contribution in [0.2, 0.25) is 0 Å². The molecule has 6 aromatic rings. The van der Waals surface area contributed by atoms with Crippen LogP contribution in [0.15, 0.2) is 115 Å². The molecule has 6 aromatic carbocycles. The van der Waals surface area contributed by atoms with Crippen LogP contribution in [0.25, 0.3) is 33.4 Å². The predicted molar refractivity (Wildman–Crippen MR) is 201 cm³/mol. The summed E-state index contributed by atoms with van der Waals surface area (Å²) in [7, 11) is 0. The van der Waals surface area contributed by atoms with Crippen LogP contribution in [0.5, 0.6) is 0 Å². The van der Waals surface area contributed by atoms with Gasteiger partial charge in [-0.05, 0) is 130 Å². The highest BCUT2D eigenvalue weighted by Gasteiger charge is 2.40. The summed E-state index contributed by atoms with van der Waals surface area (Å²) in [5.41, 5.74) is 22.6. The van der Waals surface area contributed by atoms with E-state index in [1.165, 1.54) is 83.6 Å². The Labute approximate surface area is 280 Å². The van der Waals surface area contributed by atoms with Gasteiger partial charge in [0, 0.05) is 27.8 Å². The van der Waals surface area contributed by atoms with Gasteiger partial charge in [-0.25, -0.2) is 0 Å². The van der Waals surface area contributed by atoms with Gasteiger partial charge in [-0.3, -0.25) is 0 Å². The molecule has 1 heteroatoms. The summed E-state index contributed by atoms with van der Waals surface area (Å²) in [4.78, 5) is 2.48. The molecule has 0 bridgehead atoms. The van der Waals surface area contributed by atoms with Gasteiger partial charge in [-0.1, -0.05) is 113 Å². The van der Waals surface area contributed by atoms with Crippen molar-refractivity contribution in [3.8, 4) is 33.4 Å². The number of para-hydroxylation sites is 1. The average molecular weight is 610 g/mol. The number of hydrogen-bond donors (Lipinski definition) is 0. The second kappa shape index (κ2) is 10.3. The molecule has 47 heavy (non-hydrogen) atoms. The largest absolute Gasteiger partial charge is 0.310 e. The molecule has 0 unspecified atom stereocenters. The van der Waals surface area contributed by atoms with Crippen molar-refractivity contribution >= 4 is 17.1 Å². The van der Waals surface area contributed by atoms with Gasteiger partial charge < -0.3 is 4.90 Å². The second-order valence-electron chi connectivity index (χ2n) is 14.8. The highest BCUT2D eigenvalue weighted by atomic mass is 15.1. The minimum absolute atomic E-state index is 0.0172. The molecule has 0 aromatic heterocycles. The molecule has 0 amide bonds. The quantitative estimate of drug-likeness (QED) is 0.192. The summed E-state index contributed by atoms with van der Waals surface area (Å²) in [6, 6.07) is 43.2. The molecule has 8 rings (SSSR count). The highest BCUT2D eigenvalue weighted by molar-refractivity contribution is 5.97. The van der Waals surface area contributed by atoms with Crippen LogP contribution in [-0.4, -0.2) is 0 Å². The summed E-state index contributed by atoms with van der Waals surface area (Å²) in [6.07, 6.45) is 0. The van der Waals surface area contributed by atoms with Gasteiger partial charge in [0.15, 0.2) is 0 Å². The van der Waals surface area contributed by atoms with E-state index < -0.39 is 0 Å². The van der Waals surface area contributed by atoms with E-state index in [9.17, 15) is 0 Å². The molecule has 0 fully saturated rings. The number of hydrogen-bond acceptors (Lipinski definition) is 1. The van der Waals surface area contributed by atoms with Crippen molar-refractivity contribution in [2.45, 2.75) is 66.2 Å². The first kappa shape index (κ1) is 29.5. The molecule has 0 saturated carbocycles. The van der Waals surface area contributed by atoms with Crippen molar-refractivity contribution in [1.29, 1.82) is 0 Å². The van der Waals surface area contributed by atoms with Crippen LogP contribution in [0.3, 0.4) is 0 Å². The van der Waals surface area contributed by atoms with E-state index in [0.717, 1.165) is 11.4 Å². The zero-order valence-corrected chi connectivity index (χ0v) is 28.9. The van der Waals surface area contributed by atoms with E-state index in [2.05, 4.69) is 176 Å². The van der Waals surface area contributed by atoms with Crippen molar-refractivity contribution in [2.75, 3.05) is 4.90 Å². The maximum atomic E-state index is 2.48. The Morgan fingerprint density at radius 1 is 0.447 bits per heavy atom. The predicted octanol–water partition coefficient (Wildman–Crippen LogP) is 12.7. The summed E-state index contributed by atoms with van der Waals surface area (Å²) in [5.74, 6) is 0. The molecule has 0 aliphatic heterocycles. The molecule has 2 aliphatic carbocycles. The lowest BCUT2D eigenvalue weighted by atomic mass is 9.79.